The van der Waals surface area contributed by atoms with Gasteiger partial charge in [-0.15, -0.1) is 0 Å². The number of nitrogens with zero attached hydrogens (tertiary/aromatic N) is 4. The highest BCUT2D eigenvalue weighted by Crippen LogP contribution is 2.27. The van der Waals surface area contributed by atoms with Gasteiger partial charge in [-0.2, -0.15) is 5.10 Å². The second kappa shape index (κ2) is 8.09. The number of fused-ring (bicyclic) bond motifs is 1. The summed E-state index contributed by atoms with van der Waals surface area (Å²) in [5.41, 5.74) is 1.36. The second-order valence-corrected chi connectivity index (χ2v) is 8.19. The van der Waals surface area contributed by atoms with Crippen molar-refractivity contribution < 1.29 is 9.53 Å². The number of carbonyl (C=O) groups excluding carboxylic acids is 1. The Morgan fingerprint density at radius 3 is 2.57 bits per heavy atom. The molecule has 4 rings (SSSR count). The molecule has 2 saturated heterocycles. The SMILES string of the molecule is COc1ccc2[nH]nc(C(=O)N3CCC([C@@H](C)N4CCN(C)CC4)CC3)c2c1. The summed E-state index contributed by atoms with van der Waals surface area (Å²) >= 11 is 0. The number of rotatable bonds is 4. The fraction of sp³-hybridized carbons (Fsp3) is 0.619. The van der Waals surface area contributed by atoms with Crippen molar-refractivity contribution in [2.45, 2.75) is 25.8 Å². The van der Waals surface area contributed by atoms with Crippen molar-refractivity contribution >= 4 is 16.8 Å². The average molecular weight is 386 g/mol. The first kappa shape index (κ1) is 19.2. The van der Waals surface area contributed by atoms with Gasteiger partial charge in [-0.1, -0.05) is 0 Å². The Morgan fingerprint density at radius 2 is 1.89 bits per heavy atom. The molecule has 1 atom stereocenters. The van der Waals surface area contributed by atoms with E-state index >= 15 is 0 Å². The Balaban J connectivity index is 1.39. The molecule has 0 aliphatic carbocycles. The third kappa shape index (κ3) is 3.73. The van der Waals surface area contributed by atoms with Crippen LogP contribution in [0, 0.1) is 5.92 Å². The van der Waals surface area contributed by atoms with E-state index in [2.05, 4.69) is 34.0 Å². The topological polar surface area (TPSA) is 64.7 Å². The molecule has 2 fully saturated rings. The zero-order chi connectivity index (χ0) is 19.7. The number of hydrogen-bond acceptors (Lipinski definition) is 5. The van der Waals surface area contributed by atoms with E-state index in [-0.39, 0.29) is 5.91 Å². The minimum absolute atomic E-state index is 0.0187. The van der Waals surface area contributed by atoms with Gasteiger partial charge in [0.25, 0.3) is 5.91 Å². The van der Waals surface area contributed by atoms with E-state index in [1.807, 2.05) is 23.1 Å². The largest absolute Gasteiger partial charge is 0.497 e. The van der Waals surface area contributed by atoms with Gasteiger partial charge in [-0.25, -0.2) is 0 Å². The Morgan fingerprint density at radius 1 is 1.18 bits per heavy atom. The fourth-order valence-corrected chi connectivity index (χ4v) is 4.55. The molecule has 0 unspecified atom stereocenters. The molecule has 2 aliphatic heterocycles. The van der Waals surface area contributed by atoms with Crippen molar-refractivity contribution in [2.75, 3.05) is 53.4 Å². The maximum Gasteiger partial charge on any atom is 0.274 e. The van der Waals surface area contributed by atoms with Gasteiger partial charge in [0.1, 0.15) is 5.75 Å². The zero-order valence-corrected chi connectivity index (χ0v) is 17.1. The number of nitrogens with one attached hydrogen (secondary N) is 1. The molecule has 1 amide bonds. The predicted molar refractivity (Wildman–Crippen MR) is 110 cm³/mol. The lowest BCUT2D eigenvalue weighted by Crippen LogP contribution is -2.52. The van der Waals surface area contributed by atoms with Crippen LogP contribution in [0.25, 0.3) is 10.9 Å². The number of amides is 1. The number of ether oxygens (including phenoxy) is 1. The Bertz CT molecular complexity index is 819. The normalized spacial score (nSPS) is 21.2. The molecule has 1 aromatic carbocycles. The van der Waals surface area contributed by atoms with E-state index in [1.165, 1.54) is 0 Å². The first-order chi connectivity index (χ1) is 13.6. The number of carbonyl (C=O) groups is 1. The molecule has 3 heterocycles. The van der Waals surface area contributed by atoms with Crippen LogP contribution in [0.4, 0.5) is 0 Å². The summed E-state index contributed by atoms with van der Waals surface area (Å²) < 4.78 is 5.30. The summed E-state index contributed by atoms with van der Waals surface area (Å²) in [5.74, 6) is 1.41. The number of aromatic amines is 1. The van der Waals surface area contributed by atoms with Crippen LogP contribution >= 0.6 is 0 Å². The standard InChI is InChI=1S/C21H31N5O2/c1-15(25-12-10-24(2)11-13-25)16-6-8-26(9-7-16)21(27)20-18-14-17(28-3)4-5-19(18)22-23-20/h4-5,14-16H,6-13H2,1-3H3,(H,22,23)/t15-/m1/s1. The summed E-state index contributed by atoms with van der Waals surface area (Å²) in [5, 5.41) is 8.10. The molecule has 152 valence electrons. The van der Waals surface area contributed by atoms with E-state index in [4.69, 9.17) is 4.74 Å². The van der Waals surface area contributed by atoms with Crippen molar-refractivity contribution in [1.29, 1.82) is 0 Å². The predicted octanol–water partition coefficient (Wildman–Crippen LogP) is 2.06. The quantitative estimate of drug-likeness (QED) is 0.873. The lowest BCUT2D eigenvalue weighted by molar-refractivity contribution is 0.0498. The molecule has 0 spiro atoms. The molecule has 0 saturated carbocycles. The Kier molecular flexibility index (Phi) is 5.55. The summed E-state index contributed by atoms with van der Waals surface area (Å²) in [6.07, 6.45) is 2.12. The van der Waals surface area contributed by atoms with Crippen LogP contribution in [0.15, 0.2) is 18.2 Å². The molecule has 0 radical (unpaired) electrons. The molecular weight excluding hydrogens is 354 g/mol. The molecule has 7 nitrogen and oxygen atoms in total. The Labute approximate surface area is 166 Å². The van der Waals surface area contributed by atoms with E-state index in [0.717, 1.165) is 68.8 Å². The summed E-state index contributed by atoms with van der Waals surface area (Å²) in [6.45, 7) is 8.57. The number of likely N-dealkylation sites (tertiary alicyclic amines) is 1. The van der Waals surface area contributed by atoms with Crippen molar-refractivity contribution in [3.63, 3.8) is 0 Å². The number of hydrogen-bond donors (Lipinski definition) is 1. The smallest absolute Gasteiger partial charge is 0.274 e. The van der Waals surface area contributed by atoms with Gasteiger partial charge < -0.3 is 14.5 Å². The third-order valence-electron chi connectivity index (χ3n) is 6.60. The van der Waals surface area contributed by atoms with Gasteiger partial charge in [0, 0.05) is 50.7 Å². The maximum absolute atomic E-state index is 13.1. The summed E-state index contributed by atoms with van der Waals surface area (Å²) in [7, 11) is 3.83. The number of benzene rings is 1. The number of piperazine rings is 1. The first-order valence-electron chi connectivity index (χ1n) is 10.3. The van der Waals surface area contributed by atoms with Crippen molar-refractivity contribution in [3.05, 3.63) is 23.9 Å². The van der Waals surface area contributed by atoms with Gasteiger partial charge in [0.05, 0.1) is 12.6 Å². The summed E-state index contributed by atoms with van der Waals surface area (Å²) in [6, 6.07) is 6.25. The molecule has 28 heavy (non-hydrogen) atoms. The van der Waals surface area contributed by atoms with Crippen molar-refractivity contribution in [1.82, 2.24) is 24.9 Å². The third-order valence-corrected chi connectivity index (χ3v) is 6.60. The highest BCUT2D eigenvalue weighted by atomic mass is 16.5. The molecule has 7 heteroatoms. The minimum Gasteiger partial charge on any atom is -0.497 e. The average Bonchev–Trinajstić information content (AvgIpc) is 3.16. The van der Waals surface area contributed by atoms with E-state index < -0.39 is 0 Å². The highest BCUT2D eigenvalue weighted by molar-refractivity contribution is 6.05. The molecule has 2 aliphatic rings. The number of H-pyrrole nitrogens is 1. The zero-order valence-electron chi connectivity index (χ0n) is 17.1. The van der Waals surface area contributed by atoms with Crippen LogP contribution < -0.4 is 4.74 Å². The number of methoxy groups -OCH3 is 1. The van der Waals surface area contributed by atoms with Gasteiger partial charge in [0.2, 0.25) is 0 Å². The van der Waals surface area contributed by atoms with Crippen LogP contribution in [0.5, 0.6) is 5.75 Å². The molecule has 0 bridgehead atoms. The van der Waals surface area contributed by atoms with E-state index in [9.17, 15) is 4.79 Å². The van der Waals surface area contributed by atoms with Gasteiger partial charge >= 0.3 is 0 Å². The summed E-state index contributed by atoms with van der Waals surface area (Å²) in [4.78, 5) is 20.1. The fourth-order valence-electron chi connectivity index (χ4n) is 4.55. The van der Waals surface area contributed by atoms with Crippen LogP contribution in [-0.2, 0) is 0 Å². The Hall–Kier alpha value is -2.12. The highest BCUT2D eigenvalue weighted by Gasteiger charge is 2.31. The number of piperidine rings is 1. The minimum atomic E-state index is 0.0187. The maximum atomic E-state index is 13.1. The van der Waals surface area contributed by atoms with Crippen molar-refractivity contribution in [3.8, 4) is 5.75 Å². The molecular formula is C21H31N5O2. The second-order valence-electron chi connectivity index (χ2n) is 8.19. The van der Waals surface area contributed by atoms with Gasteiger partial charge in [-0.05, 0) is 50.9 Å². The van der Waals surface area contributed by atoms with Crippen LogP contribution in [-0.4, -0.2) is 90.3 Å². The van der Waals surface area contributed by atoms with Crippen LogP contribution in [0.3, 0.4) is 0 Å². The van der Waals surface area contributed by atoms with Crippen LogP contribution in [0.2, 0.25) is 0 Å². The first-order valence-corrected chi connectivity index (χ1v) is 10.3. The van der Waals surface area contributed by atoms with Gasteiger partial charge in [-0.3, -0.25) is 14.8 Å². The van der Waals surface area contributed by atoms with Crippen molar-refractivity contribution in [2.24, 2.45) is 5.92 Å². The number of aromatic nitrogens is 2. The molecule has 1 N–H and O–H groups in total. The number of likely N-dealkylation sites (N-methyl/N-ethyl adjacent to an activating group) is 1. The molecule has 2 aromatic rings. The lowest BCUT2D eigenvalue weighted by Gasteiger charge is -2.42. The lowest BCUT2D eigenvalue weighted by atomic mass is 9.89. The molecule has 1 aromatic heterocycles. The van der Waals surface area contributed by atoms with Gasteiger partial charge in [0.15, 0.2) is 5.69 Å². The van der Waals surface area contributed by atoms with E-state index in [1.54, 1.807) is 7.11 Å². The monoisotopic (exact) mass is 385 g/mol. The van der Waals surface area contributed by atoms with Crippen LogP contribution in [0.1, 0.15) is 30.3 Å². The van der Waals surface area contributed by atoms with E-state index in [0.29, 0.717) is 17.7 Å².